The molecule has 0 aliphatic rings. The van der Waals surface area contributed by atoms with Crippen LogP contribution in [0.3, 0.4) is 0 Å². The minimum absolute atomic E-state index is 0.134. The van der Waals surface area contributed by atoms with Gasteiger partial charge in [0.25, 0.3) is 10.0 Å². The minimum Gasteiger partial charge on any atom is -0.280 e. The third kappa shape index (κ3) is 3.25. The van der Waals surface area contributed by atoms with Crippen molar-refractivity contribution in [1.29, 1.82) is 0 Å². The fourth-order valence-corrected chi connectivity index (χ4v) is 3.15. The number of sulfonamides is 1. The Bertz CT molecular complexity index is 673. The van der Waals surface area contributed by atoms with Crippen LogP contribution in [0.5, 0.6) is 0 Å². The van der Waals surface area contributed by atoms with E-state index in [1.165, 1.54) is 12.1 Å². The van der Waals surface area contributed by atoms with Gasteiger partial charge in [-0.25, -0.2) is 8.42 Å². The number of halogens is 2. The third-order valence-electron chi connectivity index (χ3n) is 2.18. The SMILES string of the molecule is O=S(=O)(Nc1cccc(Br)c1)c1cccc(Cl)c1. The van der Waals surface area contributed by atoms with Gasteiger partial charge in [-0.2, -0.15) is 0 Å². The van der Waals surface area contributed by atoms with Crippen molar-refractivity contribution in [2.24, 2.45) is 0 Å². The van der Waals surface area contributed by atoms with Crippen LogP contribution in [-0.4, -0.2) is 8.42 Å². The fourth-order valence-electron chi connectivity index (χ4n) is 1.40. The molecule has 0 saturated heterocycles. The first-order chi connectivity index (χ1) is 8.47. The smallest absolute Gasteiger partial charge is 0.261 e. The van der Waals surface area contributed by atoms with Gasteiger partial charge in [-0.15, -0.1) is 0 Å². The van der Waals surface area contributed by atoms with Crippen molar-refractivity contribution in [3.63, 3.8) is 0 Å². The maximum absolute atomic E-state index is 12.1. The van der Waals surface area contributed by atoms with Gasteiger partial charge in [-0.3, -0.25) is 4.72 Å². The van der Waals surface area contributed by atoms with Crippen molar-refractivity contribution >= 4 is 43.2 Å². The molecular formula is C12H9BrClNO2S. The summed E-state index contributed by atoms with van der Waals surface area (Å²) in [6.07, 6.45) is 0. The van der Waals surface area contributed by atoms with E-state index in [2.05, 4.69) is 20.7 Å². The summed E-state index contributed by atoms with van der Waals surface area (Å²) in [7, 11) is -3.61. The Hall–Kier alpha value is -1.04. The monoisotopic (exact) mass is 345 g/mol. The van der Waals surface area contributed by atoms with Crippen molar-refractivity contribution in [3.8, 4) is 0 Å². The van der Waals surface area contributed by atoms with Crippen LogP contribution in [0.2, 0.25) is 5.02 Å². The van der Waals surface area contributed by atoms with Crippen LogP contribution in [0.15, 0.2) is 57.9 Å². The Morgan fingerprint density at radius 1 is 1.06 bits per heavy atom. The molecule has 1 N–H and O–H groups in total. The molecule has 6 heteroatoms. The average molecular weight is 347 g/mol. The van der Waals surface area contributed by atoms with Crippen LogP contribution >= 0.6 is 27.5 Å². The van der Waals surface area contributed by atoms with E-state index >= 15 is 0 Å². The van der Waals surface area contributed by atoms with E-state index in [0.29, 0.717) is 10.7 Å². The van der Waals surface area contributed by atoms with Crippen LogP contribution in [0.4, 0.5) is 5.69 Å². The summed E-state index contributed by atoms with van der Waals surface area (Å²) in [4.78, 5) is 0.134. The quantitative estimate of drug-likeness (QED) is 0.916. The molecule has 2 aromatic rings. The van der Waals surface area contributed by atoms with Gasteiger partial charge in [-0.05, 0) is 36.4 Å². The number of rotatable bonds is 3. The lowest BCUT2D eigenvalue weighted by Gasteiger charge is -2.08. The maximum Gasteiger partial charge on any atom is 0.261 e. The van der Waals surface area contributed by atoms with E-state index in [1.54, 1.807) is 30.3 Å². The number of benzene rings is 2. The predicted molar refractivity (Wildman–Crippen MR) is 76.4 cm³/mol. The summed E-state index contributed by atoms with van der Waals surface area (Å²) >= 11 is 9.06. The van der Waals surface area contributed by atoms with Crippen molar-refractivity contribution in [2.75, 3.05) is 4.72 Å². The molecule has 0 aliphatic carbocycles. The number of hydrogen-bond acceptors (Lipinski definition) is 2. The molecule has 2 aromatic carbocycles. The fraction of sp³-hybridized carbons (Fsp3) is 0. The average Bonchev–Trinajstić information content (AvgIpc) is 2.28. The van der Waals surface area contributed by atoms with Crippen molar-refractivity contribution in [3.05, 3.63) is 58.0 Å². The van der Waals surface area contributed by atoms with Crippen molar-refractivity contribution in [2.45, 2.75) is 4.90 Å². The minimum atomic E-state index is -3.61. The zero-order chi connectivity index (χ0) is 13.2. The van der Waals surface area contributed by atoms with E-state index in [1.807, 2.05) is 6.07 Å². The highest BCUT2D eigenvalue weighted by Gasteiger charge is 2.14. The highest BCUT2D eigenvalue weighted by Crippen LogP contribution is 2.21. The zero-order valence-corrected chi connectivity index (χ0v) is 12.3. The maximum atomic E-state index is 12.1. The topological polar surface area (TPSA) is 46.2 Å². The Labute approximate surface area is 119 Å². The molecule has 0 spiro atoms. The molecule has 0 bridgehead atoms. The molecule has 18 heavy (non-hydrogen) atoms. The van der Waals surface area contributed by atoms with Gasteiger partial charge in [0, 0.05) is 15.2 Å². The molecule has 0 unspecified atom stereocenters. The van der Waals surface area contributed by atoms with Crippen LogP contribution < -0.4 is 4.72 Å². The first-order valence-corrected chi connectivity index (χ1v) is 7.67. The van der Waals surface area contributed by atoms with Crippen LogP contribution in [-0.2, 0) is 10.0 Å². The first kappa shape index (κ1) is 13.4. The normalized spacial score (nSPS) is 11.2. The van der Waals surface area contributed by atoms with E-state index in [4.69, 9.17) is 11.6 Å². The van der Waals surface area contributed by atoms with Gasteiger partial charge in [0.1, 0.15) is 0 Å². The lowest BCUT2D eigenvalue weighted by atomic mass is 10.3. The second-order valence-corrected chi connectivity index (χ2v) is 6.61. The van der Waals surface area contributed by atoms with Crippen molar-refractivity contribution in [1.82, 2.24) is 0 Å². The highest BCUT2D eigenvalue weighted by atomic mass is 79.9. The summed E-state index contributed by atoms with van der Waals surface area (Å²) < 4.78 is 27.4. The summed E-state index contributed by atoms with van der Waals surface area (Å²) in [5.41, 5.74) is 0.490. The van der Waals surface area contributed by atoms with Gasteiger partial charge in [0.2, 0.25) is 0 Å². The Balaban J connectivity index is 2.33. The molecule has 3 nitrogen and oxygen atoms in total. The molecule has 0 aliphatic heterocycles. The lowest BCUT2D eigenvalue weighted by Crippen LogP contribution is -2.12. The molecule has 0 fully saturated rings. The standard InChI is InChI=1S/C12H9BrClNO2S/c13-9-3-1-5-11(7-9)15-18(16,17)12-6-2-4-10(14)8-12/h1-8,15H. The second-order valence-electron chi connectivity index (χ2n) is 3.57. The van der Waals surface area contributed by atoms with Gasteiger partial charge in [0.05, 0.1) is 4.90 Å². The highest BCUT2D eigenvalue weighted by molar-refractivity contribution is 9.10. The summed E-state index contributed by atoms with van der Waals surface area (Å²) in [6, 6.07) is 13.0. The molecule has 2 rings (SSSR count). The molecule has 94 valence electrons. The first-order valence-electron chi connectivity index (χ1n) is 5.01. The Morgan fingerprint density at radius 3 is 2.44 bits per heavy atom. The van der Waals surface area contributed by atoms with Crippen LogP contribution in [0, 0.1) is 0 Å². The largest absolute Gasteiger partial charge is 0.280 e. The van der Waals surface area contributed by atoms with E-state index in [9.17, 15) is 8.42 Å². The number of anilines is 1. The lowest BCUT2D eigenvalue weighted by molar-refractivity contribution is 0.601. The number of nitrogens with one attached hydrogen (secondary N) is 1. The Kier molecular flexibility index (Phi) is 3.94. The van der Waals surface area contributed by atoms with Gasteiger partial charge in [0.15, 0.2) is 0 Å². The van der Waals surface area contributed by atoms with Gasteiger partial charge >= 0.3 is 0 Å². The summed E-state index contributed by atoms with van der Waals surface area (Å²) in [5.74, 6) is 0. The third-order valence-corrected chi connectivity index (χ3v) is 4.29. The molecular weight excluding hydrogens is 338 g/mol. The van der Waals surface area contributed by atoms with Gasteiger partial charge < -0.3 is 0 Å². The molecule has 0 atom stereocenters. The summed E-state index contributed by atoms with van der Waals surface area (Å²) in [6.45, 7) is 0. The van der Waals surface area contributed by atoms with E-state index in [0.717, 1.165) is 4.47 Å². The molecule has 0 radical (unpaired) electrons. The van der Waals surface area contributed by atoms with Crippen LogP contribution in [0.25, 0.3) is 0 Å². The molecule has 0 amide bonds. The van der Waals surface area contributed by atoms with Crippen LogP contribution in [0.1, 0.15) is 0 Å². The Morgan fingerprint density at radius 2 is 1.78 bits per heavy atom. The second kappa shape index (κ2) is 5.30. The zero-order valence-electron chi connectivity index (χ0n) is 9.10. The van der Waals surface area contributed by atoms with E-state index in [-0.39, 0.29) is 4.90 Å². The molecule has 0 heterocycles. The number of hydrogen-bond donors (Lipinski definition) is 1. The predicted octanol–water partition coefficient (Wildman–Crippen LogP) is 3.90. The molecule has 0 saturated carbocycles. The van der Waals surface area contributed by atoms with Gasteiger partial charge in [-0.1, -0.05) is 39.7 Å². The summed E-state index contributed by atoms with van der Waals surface area (Å²) in [5, 5.41) is 0.382. The van der Waals surface area contributed by atoms with E-state index < -0.39 is 10.0 Å². The van der Waals surface area contributed by atoms with Crippen molar-refractivity contribution < 1.29 is 8.42 Å². The molecule has 0 aromatic heterocycles.